The molecule has 4 heteroatoms. The zero-order valence-electron chi connectivity index (χ0n) is 6.03. The molecule has 0 saturated carbocycles. The molecule has 11 heavy (non-hydrogen) atoms. The lowest BCUT2D eigenvalue weighted by molar-refractivity contribution is 0.202. The van der Waals surface area contributed by atoms with Gasteiger partial charge < -0.3 is 15.6 Å². The van der Waals surface area contributed by atoms with Gasteiger partial charge in [0.05, 0.1) is 18.5 Å². The Bertz CT molecular complexity index is 227. The van der Waals surface area contributed by atoms with E-state index in [-0.39, 0.29) is 13.2 Å². The number of aliphatic hydroxyl groups is 1. The predicted molar refractivity (Wildman–Crippen MR) is 41.2 cm³/mol. The number of pyridine rings is 1. The van der Waals surface area contributed by atoms with E-state index < -0.39 is 0 Å². The molecule has 0 amide bonds. The van der Waals surface area contributed by atoms with Gasteiger partial charge in [-0.15, -0.1) is 0 Å². The molecule has 4 nitrogen and oxygen atoms in total. The number of aliphatic hydroxyl groups excluding tert-OH is 1. The second-order valence-corrected chi connectivity index (χ2v) is 1.99. The monoisotopic (exact) mass is 154 g/mol. The summed E-state index contributed by atoms with van der Waals surface area (Å²) in [6.45, 7) is 0.246. The number of nitrogens with zero attached hydrogens (tertiary/aromatic N) is 1. The van der Waals surface area contributed by atoms with Crippen LogP contribution in [0, 0.1) is 0 Å². The maximum absolute atomic E-state index is 8.44. The zero-order valence-corrected chi connectivity index (χ0v) is 6.03. The molecule has 60 valence electrons. The molecular formula is C7H10N2O2. The Morgan fingerprint density at radius 1 is 1.64 bits per heavy atom. The molecule has 0 aliphatic carbocycles. The maximum atomic E-state index is 8.44. The average molecular weight is 154 g/mol. The molecule has 0 atom stereocenters. The summed E-state index contributed by atoms with van der Waals surface area (Å²) >= 11 is 0. The van der Waals surface area contributed by atoms with Crippen LogP contribution in [0.25, 0.3) is 0 Å². The predicted octanol–water partition coefficient (Wildman–Crippen LogP) is 0.0349. The summed E-state index contributed by atoms with van der Waals surface area (Å²) in [5, 5.41) is 8.44. The third-order valence-electron chi connectivity index (χ3n) is 1.16. The van der Waals surface area contributed by atoms with Crippen LogP contribution in [0.5, 0.6) is 5.75 Å². The van der Waals surface area contributed by atoms with Crippen LogP contribution in [-0.2, 0) is 0 Å². The fraction of sp³-hybridized carbons (Fsp3) is 0.286. The summed E-state index contributed by atoms with van der Waals surface area (Å²) in [5.74, 6) is 0.564. The Hall–Kier alpha value is -1.29. The van der Waals surface area contributed by atoms with E-state index in [1.165, 1.54) is 6.20 Å². The van der Waals surface area contributed by atoms with Crippen LogP contribution in [-0.4, -0.2) is 23.3 Å². The van der Waals surface area contributed by atoms with Crippen molar-refractivity contribution in [2.75, 3.05) is 18.9 Å². The van der Waals surface area contributed by atoms with Gasteiger partial charge in [0.25, 0.3) is 0 Å². The van der Waals surface area contributed by atoms with Gasteiger partial charge in [-0.25, -0.2) is 0 Å². The summed E-state index contributed by atoms with van der Waals surface area (Å²) in [6.07, 6.45) is 3.09. The van der Waals surface area contributed by atoms with Crippen LogP contribution in [0.4, 0.5) is 5.69 Å². The molecule has 0 unspecified atom stereocenters. The zero-order chi connectivity index (χ0) is 8.10. The Morgan fingerprint density at radius 2 is 2.45 bits per heavy atom. The van der Waals surface area contributed by atoms with E-state index in [1.807, 2.05) is 0 Å². The van der Waals surface area contributed by atoms with Crippen molar-refractivity contribution in [1.29, 1.82) is 0 Å². The van der Waals surface area contributed by atoms with Crippen molar-refractivity contribution in [2.45, 2.75) is 0 Å². The molecule has 3 N–H and O–H groups in total. The quantitative estimate of drug-likeness (QED) is 0.644. The molecular weight excluding hydrogens is 144 g/mol. The fourth-order valence-electron chi connectivity index (χ4n) is 0.681. The molecule has 1 aromatic heterocycles. The first-order chi connectivity index (χ1) is 5.34. The average Bonchev–Trinajstić information content (AvgIpc) is 2.03. The van der Waals surface area contributed by atoms with E-state index >= 15 is 0 Å². The fourth-order valence-corrected chi connectivity index (χ4v) is 0.681. The highest BCUT2D eigenvalue weighted by Gasteiger charge is 1.96. The van der Waals surface area contributed by atoms with Gasteiger partial charge in [0, 0.05) is 12.3 Å². The van der Waals surface area contributed by atoms with Gasteiger partial charge in [0.2, 0.25) is 0 Å². The van der Waals surface area contributed by atoms with E-state index in [1.54, 1.807) is 12.3 Å². The van der Waals surface area contributed by atoms with Gasteiger partial charge in [0.1, 0.15) is 12.4 Å². The highest BCUT2D eigenvalue weighted by atomic mass is 16.5. The minimum Gasteiger partial charge on any atom is -0.489 e. The molecule has 0 aliphatic heterocycles. The number of ether oxygens (including phenoxy) is 1. The van der Waals surface area contributed by atoms with Crippen LogP contribution in [0.1, 0.15) is 0 Å². The summed E-state index contributed by atoms with van der Waals surface area (Å²) < 4.78 is 5.07. The first-order valence-corrected chi connectivity index (χ1v) is 3.27. The van der Waals surface area contributed by atoms with E-state index in [2.05, 4.69) is 4.98 Å². The molecule has 0 spiro atoms. The number of rotatable bonds is 3. The number of nitrogens with two attached hydrogens (primary N) is 1. The molecule has 0 radical (unpaired) electrons. The molecule has 1 heterocycles. The SMILES string of the molecule is Nc1cnccc1OCCO. The highest BCUT2D eigenvalue weighted by molar-refractivity contribution is 5.49. The molecule has 0 aliphatic rings. The standard InChI is InChI=1S/C7H10N2O2/c8-6-5-9-2-1-7(6)11-4-3-10/h1-2,5,10H,3-4,8H2. The lowest BCUT2D eigenvalue weighted by atomic mass is 10.4. The number of nitrogen functional groups attached to an aromatic ring is 1. The minimum absolute atomic E-state index is 0.0121. The normalized spacial score (nSPS) is 9.55. The summed E-state index contributed by atoms with van der Waals surface area (Å²) in [4.78, 5) is 3.79. The topological polar surface area (TPSA) is 68.4 Å². The summed E-state index contributed by atoms with van der Waals surface area (Å²) in [5.41, 5.74) is 5.98. The second-order valence-electron chi connectivity index (χ2n) is 1.99. The number of aromatic nitrogens is 1. The van der Waals surface area contributed by atoms with Crippen LogP contribution in [0.3, 0.4) is 0 Å². The van der Waals surface area contributed by atoms with Crippen molar-refractivity contribution in [3.63, 3.8) is 0 Å². The minimum atomic E-state index is -0.0121. The largest absolute Gasteiger partial charge is 0.489 e. The number of anilines is 1. The molecule has 0 aromatic carbocycles. The number of hydrogen-bond acceptors (Lipinski definition) is 4. The highest BCUT2D eigenvalue weighted by Crippen LogP contribution is 2.17. The first-order valence-electron chi connectivity index (χ1n) is 3.27. The third-order valence-corrected chi connectivity index (χ3v) is 1.16. The Labute approximate surface area is 64.6 Å². The first kappa shape index (κ1) is 7.81. The van der Waals surface area contributed by atoms with Gasteiger partial charge in [0.15, 0.2) is 0 Å². The van der Waals surface area contributed by atoms with Crippen LogP contribution in [0.15, 0.2) is 18.5 Å². The lowest BCUT2D eigenvalue weighted by Gasteiger charge is -2.05. The summed E-state index contributed by atoms with van der Waals surface area (Å²) in [6, 6.07) is 1.66. The Morgan fingerprint density at radius 3 is 3.09 bits per heavy atom. The summed E-state index contributed by atoms with van der Waals surface area (Å²) in [7, 11) is 0. The van der Waals surface area contributed by atoms with Crippen molar-refractivity contribution in [1.82, 2.24) is 4.98 Å². The van der Waals surface area contributed by atoms with E-state index in [4.69, 9.17) is 15.6 Å². The molecule has 1 aromatic rings. The van der Waals surface area contributed by atoms with Gasteiger partial charge >= 0.3 is 0 Å². The van der Waals surface area contributed by atoms with Crippen molar-refractivity contribution in [3.05, 3.63) is 18.5 Å². The molecule has 1 rings (SSSR count). The molecule has 0 bridgehead atoms. The van der Waals surface area contributed by atoms with Crippen molar-refractivity contribution < 1.29 is 9.84 Å². The van der Waals surface area contributed by atoms with Gasteiger partial charge in [-0.1, -0.05) is 0 Å². The number of hydrogen-bond donors (Lipinski definition) is 2. The van der Waals surface area contributed by atoms with E-state index in [0.717, 1.165) is 0 Å². The van der Waals surface area contributed by atoms with Crippen molar-refractivity contribution in [3.8, 4) is 5.75 Å². The van der Waals surface area contributed by atoms with Crippen molar-refractivity contribution in [2.24, 2.45) is 0 Å². The molecule has 0 saturated heterocycles. The third kappa shape index (κ3) is 2.09. The van der Waals surface area contributed by atoms with Crippen LogP contribution in [0.2, 0.25) is 0 Å². The van der Waals surface area contributed by atoms with Crippen molar-refractivity contribution >= 4 is 5.69 Å². The van der Waals surface area contributed by atoms with Gasteiger partial charge in [-0.2, -0.15) is 0 Å². The van der Waals surface area contributed by atoms with Gasteiger partial charge in [-0.3, -0.25) is 4.98 Å². The Kier molecular flexibility index (Phi) is 2.68. The Balaban J connectivity index is 2.62. The molecule has 0 fully saturated rings. The van der Waals surface area contributed by atoms with E-state index in [0.29, 0.717) is 11.4 Å². The second kappa shape index (κ2) is 3.78. The van der Waals surface area contributed by atoms with Crippen LogP contribution >= 0.6 is 0 Å². The smallest absolute Gasteiger partial charge is 0.145 e. The maximum Gasteiger partial charge on any atom is 0.145 e. The van der Waals surface area contributed by atoms with Crippen LogP contribution < -0.4 is 10.5 Å². The van der Waals surface area contributed by atoms with E-state index in [9.17, 15) is 0 Å². The lowest BCUT2D eigenvalue weighted by Crippen LogP contribution is -2.03. The van der Waals surface area contributed by atoms with Gasteiger partial charge in [-0.05, 0) is 0 Å².